The zero-order chi connectivity index (χ0) is 16.4. The SMILES string of the molecule is COCCOc1cc2c(Cl)nc(-n3n[c]cc3C)cc2cc1F. The van der Waals surface area contributed by atoms with Crippen molar-refractivity contribution >= 4 is 22.4 Å². The van der Waals surface area contributed by atoms with E-state index < -0.39 is 5.82 Å². The molecule has 0 N–H and O–H groups in total. The van der Waals surface area contributed by atoms with Crippen LogP contribution in [0.5, 0.6) is 5.75 Å². The second-order valence-electron chi connectivity index (χ2n) is 4.94. The Bertz CT molecular complexity index is 851. The summed E-state index contributed by atoms with van der Waals surface area (Å²) in [5, 5.41) is 5.54. The Morgan fingerprint density at radius 1 is 1.30 bits per heavy atom. The van der Waals surface area contributed by atoms with E-state index in [1.165, 1.54) is 6.07 Å². The maximum absolute atomic E-state index is 14.2. The monoisotopic (exact) mass is 334 g/mol. The van der Waals surface area contributed by atoms with Gasteiger partial charge in [0.05, 0.1) is 6.61 Å². The topological polar surface area (TPSA) is 49.2 Å². The van der Waals surface area contributed by atoms with Crippen molar-refractivity contribution in [3.63, 3.8) is 0 Å². The molecule has 1 aromatic carbocycles. The lowest BCUT2D eigenvalue weighted by Gasteiger charge is -2.11. The van der Waals surface area contributed by atoms with Crippen molar-refractivity contribution < 1.29 is 13.9 Å². The second-order valence-corrected chi connectivity index (χ2v) is 5.30. The molecule has 2 aromatic heterocycles. The summed E-state index contributed by atoms with van der Waals surface area (Å²) in [6, 6.07) is 6.36. The van der Waals surface area contributed by atoms with Crippen LogP contribution >= 0.6 is 11.6 Å². The number of aromatic nitrogens is 3. The number of halogens is 2. The number of hydrogen-bond acceptors (Lipinski definition) is 4. The van der Waals surface area contributed by atoms with Gasteiger partial charge in [0.2, 0.25) is 0 Å². The molecule has 0 aliphatic carbocycles. The Morgan fingerprint density at radius 3 is 2.83 bits per heavy atom. The van der Waals surface area contributed by atoms with Crippen LogP contribution in [0.3, 0.4) is 0 Å². The van der Waals surface area contributed by atoms with Gasteiger partial charge in [-0.3, -0.25) is 0 Å². The minimum Gasteiger partial charge on any atom is -0.488 e. The number of ether oxygens (including phenoxy) is 2. The highest BCUT2D eigenvalue weighted by molar-refractivity contribution is 6.34. The van der Waals surface area contributed by atoms with Gasteiger partial charge >= 0.3 is 0 Å². The van der Waals surface area contributed by atoms with E-state index in [0.29, 0.717) is 23.2 Å². The lowest BCUT2D eigenvalue weighted by molar-refractivity contribution is 0.144. The van der Waals surface area contributed by atoms with E-state index in [1.807, 2.05) is 6.92 Å². The van der Waals surface area contributed by atoms with E-state index in [9.17, 15) is 4.39 Å². The van der Waals surface area contributed by atoms with E-state index in [1.54, 1.807) is 30.0 Å². The molecule has 5 nitrogen and oxygen atoms in total. The van der Waals surface area contributed by atoms with Gasteiger partial charge in [-0.25, -0.2) is 14.1 Å². The summed E-state index contributed by atoms with van der Waals surface area (Å²) in [6.07, 6.45) is 2.74. The van der Waals surface area contributed by atoms with E-state index in [0.717, 1.165) is 5.69 Å². The van der Waals surface area contributed by atoms with Gasteiger partial charge in [0.15, 0.2) is 17.4 Å². The van der Waals surface area contributed by atoms with Gasteiger partial charge < -0.3 is 9.47 Å². The minimum atomic E-state index is -0.467. The molecule has 0 saturated heterocycles. The van der Waals surface area contributed by atoms with Crippen LogP contribution in [0.4, 0.5) is 4.39 Å². The molecule has 23 heavy (non-hydrogen) atoms. The predicted molar refractivity (Wildman–Crippen MR) is 84.8 cm³/mol. The highest BCUT2D eigenvalue weighted by Gasteiger charge is 2.12. The van der Waals surface area contributed by atoms with Crippen molar-refractivity contribution in [2.45, 2.75) is 6.92 Å². The number of benzene rings is 1. The summed E-state index contributed by atoms with van der Waals surface area (Å²) in [7, 11) is 1.55. The lowest BCUT2D eigenvalue weighted by Crippen LogP contribution is -2.06. The standard InChI is InChI=1S/C16H14ClFN3O2/c1-10-3-4-19-21(10)15-8-11-7-13(18)14(23-6-5-22-2)9-12(11)16(17)20-15/h3,7-9H,5-6H2,1-2H3. The zero-order valence-corrected chi connectivity index (χ0v) is 13.4. The number of nitrogens with zero attached hydrogens (tertiary/aromatic N) is 3. The van der Waals surface area contributed by atoms with Crippen molar-refractivity contribution in [1.29, 1.82) is 0 Å². The minimum absolute atomic E-state index is 0.120. The third kappa shape index (κ3) is 3.13. The van der Waals surface area contributed by atoms with Gasteiger partial charge in [0, 0.05) is 18.2 Å². The largest absolute Gasteiger partial charge is 0.488 e. The Labute approximate surface area is 137 Å². The van der Waals surface area contributed by atoms with Crippen molar-refractivity contribution in [3.05, 3.63) is 47.1 Å². The first-order chi connectivity index (χ1) is 11.1. The molecule has 0 amide bonds. The average molecular weight is 335 g/mol. The molecule has 0 aliphatic rings. The maximum atomic E-state index is 14.2. The molecular weight excluding hydrogens is 321 g/mol. The van der Waals surface area contributed by atoms with Crippen molar-refractivity contribution in [1.82, 2.24) is 14.8 Å². The van der Waals surface area contributed by atoms with Crippen molar-refractivity contribution in [2.24, 2.45) is 0 Å². The van der Waals surface area contributed by atoms with Gasteiger partial charge in [0.25, 0.3) is 0 Å². The first-order valence-corrected chi connectivity index (χ1v) is 7.32. The quantitative estimate of drug-likeness (QED) is 0.530. The predicted octanol–water partition coefficient (Wildman–Crippen LogP) is 3.35. The van der Waals surface area contributed by atoms with Crippen LogP contribution in [0.2, 0.25) is 5.15 Å². The van der Waals surface area contributed by atoms with Crippen LogP contribution in [0.1, 0.15) is 5.69 Å². The van der Waals surface area contributed by atoms with Crippen LogP contribution in [-0.2, 0) is 4.74 Å². The Kier molecular flexibility index (Phi) is 4.45. The normalized spacial score (nSPS) is 11.1. The molecule has 119 valence electrons. The number of aryl methyl sites for hydroxylation is 1. The number of hydrogen-bond donors (Lipinski definition) is 0. The molecule has 1 radical (unpaired) electrons. The van der Waals surface area contributed by atoms with Crippen molar-refractivity contribution in [2.75, 3.05) is 20.3 Å². The van der Waals surface area contributed by atoms with Gasteiger partial charge in [-0.1, -0.05) is 11.6 Å². The summed E-state index contributed by atoms with van der Waals surface area (Å²) in [4.78, 5) is 4.32. The number of methoxy groups -OCH3 is 1. The summed E-state index contributed by atoms with van der Waals surface area (Å²) < 4.78 is 26.0. The van der Waals surface area contributed by atoms with E-state index >= 15 is 0 Å². The molecule has 2 heterocycles. The number of pyridine rings is 1. The Balaban J connectivity index is 2.05. The molecule has 3 rings (SSSR count). The fourth-order valence-corrected chi connectivity index (χ4v) is 2.46. The van der Waals surface area contributed by atoms with E-state index in [4.69, 9.17) is 21.1 Å². The van der Waals surface area contributed by atoms with Gasteiger partial charge in [-0.15, -0.1) is 0 Å². The zero-order valence-electron chi connectivity index (χ0n) is 12.6. The van der Waals surface area contributed by atoms with Crippen LogP contribution in [-0.4, -0.2) is 35.1 Å². The molecule has 0 atom stereocenters. The van der Waals surface area contributed by atoms with Gasteiger partial charge in [0.1, 0.15) is 18.0 Å². The van der Waals surface area contributed by atoms with Gasteiger partial charge in [-0.2, -0.15) is 5.10 Å². The van der Waals surface area contributed by atoms with Crippen LogP contribution in [0.15, 0.2) is 24.3 Å². The van der Waals surface area contributed by atoms with E-state index in [2.05, 4.69) is 16.3 Å². The molecule has 0 fully saturated rings. The second kappa shape index (κ2) is 6.52. The third-order valence-corrected chi connectivity index (χ3v) is 3.64. The maximum Gasteiger partial charge on any atom is 0.165 e. The molecule has 3 aromatic rings. The summed E-state index contributed by atoms with van der Waals surface area (Å²) >= 11 is 6.25. The van der Waals surface area contributed by atoms with Gasteiger partial charge in [-0.05, 0) is 36.6 Å². The highest BCUT2D eigenvalue weighted by atomic mass is 35.5. The van der Waals surface area contributed by atoms with Crippen molar-refractivity contribution in [3.8, 4) is 11.6 Å². The fraction of sp³-hybridized carbons (Fsp3) is 0.250. The summed E-state index contributed by atoms with van der Waals surface area (Å²) in [5.41, 5.74) is 0.855. The molecular formula is C16H14ClFN3O2. The molecule has 0 bridgehead atoms. The molecule has 0 spiro atoms. The molecule has 7 heteroatoms. The molecule has 0 unspecified atom stereocenters. The van der Waals surface area contributed by atoms with Crippen LogP contribution in [0, 0.1) is 18.9 Å². The molecule has 0 aliphatic heterocycles. The summed E-state index contributed by atoms with van der Waals surface area (Å²) in [5.74, 6) is 0.161. The summed E-state index contributed by atoms with van der Waals surface area (Å²) in [6.45, 7) is 2.50. The number of rotatable bonds is 5. The fourth-order valence-electron chi connectivity index (χ4n) is 2.21. The first kappa shape index (κ1) is 15.7. The van der Waals surface area contributed by atoms with Crippen LogP contribution < -0.4 is 4.74 Å². The van der Waals surface area contributed by atoms with E-state index in [-0.39, 0.29) is 17.5 Å². The van der Waals surface area contributed by atoms with Crippen LogP contribution in [0.25, 0.3) is 16.6 Å². The number of fused-ring (bicyclic) bond motifs is 1. The Morgan fingerprint density at radius 2 is 2.13 bits per heavy atom. The average Bonchev–Trinajstić information content (AvgIpc) is 2.94. The molecule has 0 saturated carbocycles. The Hall–Kier alpha value is -2.18. The smallest absolute Gasteiger partial charge is 0.165 e. The third-order valence-electron chi connectivity index (χ3n) is 3.35. The highest BCUT2D eigenvalue weighted by Crippen LogP contribution is 2.30. The first-order valence-electron chi connectivity index (χ1n) is 6.95. The lowest BCUT2D eigenvalue weighted by atomic mass is 10.1.